The summed E-state index contributed by atoms with van der Waals surface area (Å²) < 4.78 is 43.0. The summed E-state index contributed by atoms with van der Waals surface area (Å²) in [5.41, 5.74) is 3.06. The number of halogens is 4. The molecule has 1 heterocycles. The Labute approximate surface area is 182 Å². The third-order valence-electron chi connectivity index (χ3n) is 5.31. The van der Waals surface area contributed by atoms with Crippen LogP contribution in [0.2, 0.25) is 0 Å². The summed E-state index contributed by atoms with van der Waals surface area (Å²) in [6.45, 7) is 4.28. The van der Waals surface area contributed by atoms with Gasteiger partial charge in [-0.2, -0.15) is 13.2 Å². The van der Waals surface area contributed by atoms with Crippen LogP contribution in [-0.2, 0) is 6.54 Å². The molecule has 0 aliphatic carbocycles. The Balaban J connectivity index is 0.00000320. The molecule has 1 saturated heterocycles. The quantitative estimate of drug-likeness (QED) is 0.572. The van der Waals surface area contributed by atoms with E-state index in [2.05, 4.69) is 36.6 Å². The molecule has 0 unspecified atom stereocenters. The molecular weight excluding hydrogens is 413 g/mol. The summed E-state index contributed by atoms with van der Waals surface area (Å²) in [7, 11) is 0. The summed E-state index contributed by atoms with van der Waals surface area (Å²) in [6, 6.07) is 16.1. The standard InChI is InChI=1S/C23H29F3N2O.ClH/c1-16(2)18-10-11-21(29-15-23(24,25)26)19(13-18)14-28-20-9-6-12-27-22(20)17-7-4-3-5-8-17;/h3-5,7-8,10-11,13,16,20,22,27-28H,6,9,12,14-15H2,1-2H3;1H/t20-,22-;/m0./s1. The van der Waals surface area contributed by atoms with Crippen molar-refractivity contribution in [3.05, 3.63) is 65.2 Å². The van der Waals surface area contributed by atoms with E-state index >= 15 is 0 Å². The van der Waals surface area contributed by atoms with Gasteiger partial charge in [-0.1, -0.05) is 56.3 Å². The highest BCUT2D eigenvalue weighted by atomic mass is 35.5. The maximum absolute atomic E-state index is 12.6. The smallest absolute Gasteiger partial charge is 0.422 e. The molecule has 0 amide bonds. The minimum absolute atomic E-state index is 0. The fraction of sp³-hybridized carbons (Fsp3) is 0.478. The topological polar surface area (TPSA) is 33.3 Å². The Hall–Kier alpha value is -1.76. The largest absolute Gasteiger partial charge is 0.484 e. The van der Waals surface area contributed by atoms with Crippen molar-refractivity contribution >= 4 is 12.4 Å². The van der Waals surface area contributed by atoms with Gasteiger partial charge in [0.2, 0.25) is 0 Å². The predicted molar refractivity (Wildman–Crippen MR) is 116 cm³/mol. The predicted octanol–water partition coefficient (Wildman–Crippen LogP) is 5.76. The minimum Gasteiger partial charge on any atom is -0.484 e. The van der Waals surface area contributed by atoms with Gasteiger partial charge in [0.05, 0.1) is 0 Å². The van der Waals surface area contributed by atoms with E-state index in [1.165, 1.54) is 5.56 Å². The number of rotatable bonds is 7. The van der Waals surface area contributed by atoms with Gasteiger partial charge in [0.1, 0.15) is 5.75 Å². The Morgan fingerprint density at radius 3 is 2.53 bits per heavy atom. The molecule has 7 heteroatoms. The number of hydrogen-bond donors (Lipinski definition) is 2. The summed E-state index contributed by atoms with van der Waals surface area (Å²) in [5, 5.41) is 7.13. The lowest BCUT2D eigenvalue weighted by Crippen LogP contribution is -2.45. The molecule has 2 N–H and O–H groups in total. The lowest BCUT2D eigenvalue weighted by atomic mass is 9.92. The van der Waals surface area contributed by atoms with Crippen LogP contribution in [0.5, 0.6) is 5.75 Å². The Kier molecular flexibility index (Phi) is 9.01. The zero-order chi connectivity index (χ0) is 20.9. The van der Waals surface area contributed by atoms with Crippen molar-refractivity contribution in [2.75, 3.05) is 13.2 Å². The van der Waals surface area contributed by atoms with Crippen LogP contribution >= 0.6 is 12.4 Å². The average molecular weight is 443 g/mol. The first-order valence-electron chi connectivity index (χ1n) is 10.2. The maximum Gasteiger partial charge on any atom is 0.422 e. The molecule has 1 fully saturated rings. The Morgan fingerprint density at radius 1 is 1.13 bits per heavy atom. The van der Waals surface area contributed by atoms with Crippen molar-refractivity contribution in [1.29, 1.82) is 0 Å². The van der Waals surface area contributed by atoms with Crippen LogP contribution in [0.3, 0.4) is 0 Å². The normalized spacial score (nSPS) is 19.4. The van der Waals surface area contributed by atoms with E-state index < -0.39 is 12.8 Å². The SMILES string of the molecule is CC(C)c1ccc(OCC(F)(F)F)c(CN[C@H]2CCCN[C@H]2c2ccccc2)c1.Cl. The molecule has 3 rings (SSSR count). The van der Waals surface area contributed by atoms with Crippen LogP contribution < -0.4 is 15.4 Å². The fourth-order valence-corrected chi connectivity index (χ4v) is 3.76. The van der Waals surface area contributed by atoms with Crippen LogP contribution in [0.1, 0.15) is 55.3 Å². The molecule has 0 radical (unpaired) electrons. The molecule has 3 nitrogen and oxygen atoms in total. The van der Waals surface area contributed by atoms with Crippen molar-refractivity contribution in [2.24, 2.45) is 0 Å². The van der Waals surface area contributed by atoms with Crippen molar-refractivity contribution in [2.45, 2.75) is 57.4 Å². The second kappa shape index (κ2) is 11.0. The highest BCUT2D eigenvalue weighted by molar-refractivity contribution is 5.85. The monoisotopic (exact) mass is 442 g/mol. The number of alkyl halides is 3. The van der Waals surface area contributed by atoms with Gasteiger partial charge in [-0.05, 0) is 42.5 Å². The first-order valence-corrected chi connectivity index (χ1v) is 10.2. The van der Waals surface area contributed by atoms with Gasteiger partial charge >= 0.3 is 6.18 Å². The zero-order valence-corrected chi connectivity index (χ0v) is 18.2. The number of piperidine rings is 1. The van der Waals surface area contributed by atoms with E-state index in [1.54, 1.807) is 6.07 Å². The van der Waals surface area contributed by atoms with Gasteiger partial charge in [0, 0.05) is 24.2 Å². The summed E-state index contributed by atoms with van der Waals surface area (Å²) in [6.07, 6.45) is -2.28. The van der Waals surface area contributed by atoms with Gasteiger partial charge in [0.15, 0.2) is 6.61 Å². The molecule has 1 aliphatic heterocycles. The van der Waals surface area contributed by atoms with Gasteiger partial charge in [-0.25, -0.2) is 0 Å². The van der Waals surface area contributed by atoms with Crippen LogP contribution in [0.4, 0.5) is 13.2 Å². The molecule has 0 saturated carbocycles. The van der Waals surface area contributed by atoms with Crippen molar-refractivity contribution in [3.8, 4) is 5.75 Å². The third-order valence-corrected chi connectivity index (χ3v) is 5.31. The molecule has 0 spiro atoms. The van der Waals surface area contributed by atoms with Crippen LogP contribution in [0.15, 0.2) is 48.5 Å². The lowest BCUT2D eigenvalue weighted by molar-refractivity contribution is -0.153. The zero-order valence-electron chi connectivity index (χ0n) is 17.3. The number of nitrogens with one attached hydrogen (secondary N) is 2. The number of ether oxygens (including phenoxy) is 1. The van der Waals surface area contributed by atoms with Crippen LogP contribution in [0.25, 0.3) is 0 Å². The second-order valence-electron chi connectivity index (χ2n) is 7.90. The van der Waals surface area contributed by atoms with Crippen LogP contribution in [-0.4, -0.2) is 25.4 Å². The van der Waals surface area contributed by atoms with Gasteiger partial charge in [-0.3, -0.25) is 0 Å². The molecular formula is C23H30ClF3N2O. The third kappa shape index (κ3) is 6.89. The first kappa shape index (κ1) is 24.5. The van der Waals surface area contributed by atoms with Crippen molar-refractivity contribution < 1.29 is 17.9 Å². The maximum atomic E-state index is 12.6. The van der Waals surface area contributed by atoms with Crippen molar-refractivity contribution in [1.82, 2.24) is 10.6 Å². The summed E-state index contributed by atoms with van der Waals surface area (Å²) >= 11 is 0. The molecule has 30 heavy (non-hydrogen) atoms. The molecule has 2 atom stereocenters. The van der Waals surface area contributed by atoms with E-state index in [9.17, 15) is 13.2 Å². The second-order valence-corrected chi connectivity index (χ2v) is 7.90. The average Bonchev–Trinajstić information content (AvgIpc) is 2.71. The lowest BCUT2D eigenvalue weighted by Gasteiger charge is -2.34. The van der Waals surface area contributed by atoms with Gasteiger partial charge in [-0.15, -0.1) is 12.4 Å². The Bertz CT molecular complexity index is 784. The molecule has 0 bridgehead atoms. The number of benzene rings is 2. The Morgan fingerprint density at radius 2 is 1.87 bits per heavy atom. The van der Waals surface area contributed by atoms with E-state index in [0.717, 1.165) is 30.5 Å². The summed E-state index contributed by atoms with van der Waals surface area (Å²) in [4.78, 5) is 0. The van der Waals surface area contributed by atoms with Crippen LogP contribution in [0, 0.1) is 0 Å². The molecule has 2 aromatic carbocycles. The van der Waals surface area contributed by atoms with E-state index in [-0.39, 0.29) is 24.5 Å². The highest BCUT2D eigenvalue weighted by Crippen LogP contribution is 2.28. The molecule has 0 aromatic heterocycles. The van der Waals surface area contributed by atoms with Crippen molar-refractivity contribution in [3.63, 3.8) is 0 Å². The van der Waals surface area contributed by atoms with E-state index in [1.807, 2.05) is 30.3 Å². The number of hydrogen-bond acceptors (Lipinski definition) is 3. The van der Waals surface area contributed by atoms with Gasteiger partial charge < -0.3 is 15.4 Å². The van der Waals surface area contributed by atoms with E-state index in [4.69, 9.17) is 4.74 Å². The van der Waals surface area contributed by atoms with E-state index in [0.29, 0.717) is 18.2 Å². The first-order chi connectivity index (χ1) is 13.8. The molecule has 1 aliphatic rings. The van der Waals surface area contributed by atoms with Gasteiger partial charge in [0.25, 0.3) is 0 Å². The highest BCUT2D eigenvalue weighted by Gasteiger charge is 2.29. The molecule has 2 aromatic rings. The fourth-order valence-electron chi connectivity index (χ4n) is 3.76. The molecule has 166 valence electrons. The summed E-state index contributed by atoms with van der Waals surface area (Å²) in [5.74, 6) is 0.582. The minimum atomic E-state index is -4.35.